The normalized spacial score (nSPS) is 16.7. The van der Waals surface area contributed by atoms with Crippen molar-refractivity contribution in [2.45, 2.75) is 51.1 Å². The number of hydrogen-bond acceptors (Lipinski definition) is 5. The number of aromatic nitrogens is 2. The van der Waals surface area contributed by atoms with Crippen LogP contribution in [0.25, 0.3) is 10.3 Å². The highest BCUT2D eigenvalue weighted by atomic mass is 32.2. The van der Waals surface area contributed by atoms with Gasteiger partial charge in [0.2, 0.25) is 5.43 Å². The van der Waals surface area contributed by atoms with Crippen molar-refractivity contribution in [1.29, 1.82) is 0 Å². The number of rotatable bonds is 4. The minimum absolute atomic E-state index is 0.0766. The average molecular weight is 336 g/mol. The van der Waals surface area contributed by atoms with Gasteiger partial charge in [0.15, 0.2) is 5.16 Å². The number of hydrogen-bond donors (Lipinski definition) is 0. The van der Waals surface area contributed by atoms with Crippen LogP contribution in [0.4, 0.5) is 0 Å². The molecule has 0 atom stereocenters. The molecule has 0 saturated heterocycles. The quantitative estimate of drug-likeness (QED) is 0.632. The van der Waals surface area contributed by atoms with Crippen LogP contribution in [0.2, 0.25) is 0 Å². The van der Waals surface area contributed by atoms with E-state index in [0.29, 0.717) is 18.5 Å². The van der Waals surface area contributed by atoms with E-state index in [-0.39, 0.29) is 11.0 Å². The van der Waals surface area contributed by atoms with Gasteiger partial charge in [0, 0.05) is 29.2 Å². The molecule has 4 nitrogen and oxygen atoms in total. The lowest BCUT2D eigenvalue weighted by molar-refractivity contribution is -0.0386. The summed E-state index contributed by atoms with van der Waals surface area (Å²) in [6.45, 7) is 11.2. The maximum Gasteiger partial charge on any atom is 0.211 e. The summed E-state index contributed by atoms with van der Waals surface area (Å²) in [5, 5.41) is 0.897. The predicted octanol–water partition coefficient (Wildman–Crippen LogP) is 3.61. The molecule has 0 bridgehead atoms. The molecule has 0 saturated carbocycles. The molecule has 3 heterocycles. The number of nitrogens with zero attached hydrogens (tertiary/aromatic N) is 2. The summed E-state index contributed by atoms with van der Waals surface area (Å²) in [5.74, 6) is 0.790. The van der Waals surface area contributed by atoms with Crippen molar-refractivity contribution in [2.75, 3.05) is 5.75 Å². The van der Waals surface area contributed by atoms with E-state index in [4.69, 9.17) is 4.74 Å². The molecule has 3 rings (SSSR count). The second kappa shape index (κ2) is 5.83. The zero-order valence-corrected chi connectivity index (χ0v) is 14.8. The molecule has 0 N–H and O–H groups in total. The van der Waals surface area contributed by atoms with Crippen LogP contribution in [0.15, 0.2) is 22.6 Å². The van der Waals surface area contributed by atoms with Gasteiger partial charge in [-0.3, -0.25) is 4.79 Å². The van der Waals surface area contributed by atoms with Gasteiger partial charge in [0.1, 0.15) is 10.3 Å². The molecule has 2 aromatic rings. The van der Waals surface area contributed by atoms with E-state index in [1.54, 1.807) is 23.1 Å². The number of imidazole rings is 1. The van der Waals surface area contributed by atoms with Gasteiger partial charge in [-0.25, -0.2) is 4.98 Å². The van der Waals surface area contributed by atoms with Gasteiger partial charge >= 0.3 is 0 Å². The molecule has 2 aromatic heterocycles. The van der Waals surface area contributed by atoms with Crippen molar-refractivity contribution >= 4 is 33.4 Å². The summed E-state index contributed by atoms with van der Waals surface area (Å²) in [5.41, 5.74) is 1.29. The van der Waals surface area contributed by atoms with Crippen molar-refractivity contribution < 1.29 is 4.74 Å². The van der Waals surface area contributed by atoms with Gasteiger partial charge in [-0.05, 0) is 20.8 Å². The predicted molar refractivity (Wildman–Crippen MR) is 93.0 cm³/mol. The lowest BCUT2D eigenvalue weighted by Gasteiger charge is -2.30. The third-order valence-electron chi connectivity index (χ3n) is 3.77. The smallest absolute Gasteiger partial charge is 0.211 e. The van der Waals surface area contributed by atoms with E-state index in [1.807, 2.05) is 19.9 Å². The minimum atomic E-state index is -0.277. The van der Waals surface area contributed by atoms with E-state index < -0.39 is 0 Å². The van der Waals surface area contributed by atoms with Crippen LogP contribution in [0.1, 0.15) is 31.2 Å². The molecule has 0 amide bonds. The van der Waals surface area contributed by atoms with Crippen LogP contribution < -0.4 is 5.43 Å². The van der Waals surface area contributed by atoms with Gasteiger partial charge < -0.3 is 9.30 Å². The first-order valence-corrected chi connectivity index (χ1v) is 9.19. The van der Waals surface area contributed by atoms with Crippen LogP contribution >= 0.6 is 23.1 Å². The van der Waals surface area contributed by atoms with Crippen molar-refractivity contribution in [2.24, 2.45) is 0 Å². The number of ether oxygens (including phenoxy) is 1. The summed E-state index contributed by atoms with van der Waals surface area (Å²) in [4.78, 5) is 19.5. The summed E-state index contributed by atoms with van der Waals surface area (Å²) in [6, 6.07) is 0. The van der Waals surface area contributed by atoms with Gasteiger partial charge in [-0.15, -0.1) is 17.9 Å². The molecule has 0 spiro atoms. The third kappa shape index (κ3) is 2.64. The van der Waals surface area contributed by atoms with E-state index >= 15 is 0 Å². The third-order valence-corrected chi connectivity index (χ3v) is 5.96. The second-order valence-electron chi connectivity index (χ2n) is 5.95. The Kier molecular flexibility index (Phi) is 4.18. The van der Waals surface area contributed by atoms with Crippen molar-refractivity contribution in [3.05, 3.63) is 33.3 Å². The zero-order chi connectivity index (χ0) is 15.9. The molecule has 0 aliphatic carbocycles. The fourth-order valence-electron chi connectivity index (χ4n) is 2.67. The first kappa shape index (κ1) is 15.8. The number of fused-ring (bicyclic) bond motifs is 2. The number of thioether (sulfide) groups is 1. The highest BCUT2D eigenvalue weighted by molar-refractivity contribution is 7.99. The molecular formula is C16H20N2O2S2. The SMILES string of the molecule is C=CCSc1nc2c(=O)c3c(sc2n1CC)COC(C)(C)C3. The molecule has 0 radical (unpaired) electrons. The lowest BCUT2D eigenvalue weighted by Crippen LogP contribution is -2.34. The Bertz CT molecular complexity index is 790. The van der Waals surface area contributed by atoms with Crippen molar-refractivity contribution in [1.82, 2.24) is 9.55 Å². The lowest BCUT2D eigenvalue weighted by atomic mass is 9.96. The van der Waals surface area contributed by atoms with Gasteiger partial charge in [-0.2, -0.15) is 0 Å². The monoisotopic (exact) mass is 336 g/mol. The Labute approximate surface area is 138 Å². The van der Waals surface area contributed by atoms with Crippen LogP contribution in [-0.4, -0.2) is 20.9 Å². The first-order chi connectivity index (χ1) is 10.5. The summed E-state index contributed by atoms with van der Waals surface area (Å²) in [7, 11) is 0. The Morgan fingerprint density at radius 3 is 3.00 bits per heavy atom. The molecule has 1 aliphatic heterocycles. The fraction of sp³-hybridized carbons (Fsp3) is 0.500. The average Bonchev–Trinajstić information content (AvgIpc) is 2.83. The van der Waals surface area contributed by atoms with Crippen LogP contribution in [0.5, 0.6) is 0 Å². The van der Waals surface area contributed by atoms with Crippen LogP contribution in [-0.2, 0) is 24.3 Å². The molecule has 118 valence electrons. The van der Waals surface area contributed by atoms with Gasteiger partial charge in [-0.1, -0.05) is 17.8 Å². The highest BCUT2D eigenvalue weighted by Gasteiger charge is 2.30. The number of aryl methyl sites for hydroxylation is 1. The van der Waals surface area contributed by atoms with Crippen LogP contribution in [0.3, 0.4) is 0 Å². The topological polar surface area (TPSA) is 44.1 Å². The Morgan fingerprint density at radius 1 is 1.55 bits per heavy atom. The van der Waals surface area contributed by atoms with Crippen molar-refractivity contribution in [3.63, 3.8) is 0 Å². The van der Waals surface area contributed by atoms with E-state index in [1.165, 1.54) is 0 Å². The molecular weight excluding hydrogens is 316 g/mol. The highest BCUT2D eigenvalue weighted by Crippen LogP contribution is 2.33. The van der Waals surface area contributed by atoms with E-state index in [9.17, 15) is 4.79 Å². The zero-order valence-electron chi connectivity index (χ0n) is 13.1. The Morgan fingerprint density at radius 2 is 2.32 bits per heavy atom. The maximum absolute atomic E-state index is 12.9. The van der Waals surface area contributed by atoms with Crippen molar-refractivity contribution in [3.8, 4) is 0 Å². The summed E-state index contributed by atoms with van der Waals surface area (Å²) < 4.78 is 7.98. The molecule has 22 heavy (non-hydrogen) atoms. The second-order valence-corrected chi connectivity index (χ2v) is 8.02. The summed E-state index contributed by atoms with van der Waals surface area (Å²) in [6.07, 6.45) is 2.51. The van der Waals surface area contributed by atoms with E-state index in [2.05, 4.69) is 23.1 Å². The minimum Gasteiger partial charge on any atom is -0.370 e. The standard InChI is InChI=1S/C16H20N2O2S2/c1-5-7-21-15-17-12-13(19)10-8-16(3,4)20-9-11(10)22-14(12)18(15)6-2/h5H,1,6-9H2,2-4H3. The molecule has 0 unspecified atom stereocenters. The van der Waals surface area contributed by atoms with Gasteiger partial charge in [0.25, 0.3) is 0 Å². The van der Waals surface area contributed by atoms with Crippen LogP contribution in [0, 0.1) is 0 Å². The largest absolute Gasteiger partial charge is 0.370 e. The molecule has 0 fully saturated rings. The first-order valence-electron chi connectivity index (χ1n) is 7.39. The van der Waals surface area contributed by atoms with E-state index in [0.717, 1.165) is 32.7 Å². The summed E-state index contributed by atoms with van der Waals surface area (Å²) >= 11 is 3.26. The molecule has 1 aliphatic rings. The fourth-order valence-corrected chi connectivity index (χ4v) is 4.73. The molecule has 0 aromatic carbocycles. The Balaban J connectivity index is 2.20. The Hall–Kier alpha value is -1.11. The molecule has 6 heteroatoms. The maximum atomic E-state index is 12.9. The van der Waals surface area contributed by atoms with Gasteiger partial charge in [0.05, 0.1) is 12.2 Å².